The standard InChI is InChI=1S/C30H27NO5/c32-28-14-5-4-10-25(28)11-8-9-24(22-34-29-15-6-7-20-31-29)21-23-16-18-27(19-17-23)36-30(33)35-26-12-2-1-3-13-26/h1-7,10,12-21,32H,8-9,11,22H2/b24-21+. The number of para-hydroxylation sites is 2. The molecule has 0 unspecified atom stereocenters. The van der Waals surface area contributed by atoms with Crippen molar-refractivity contribution in [2.24, 2.45) is 0 Å². The van der Waals surface area contributed by atoms with Crippen molar-refractivity contribution in [2.45, 2.75) is 19.3 Å². The Morgan fingerprint density at radius 2 is 1.50 bits per heavy atom. The topological polar surface area (TPSA) is 77.9 Å². The van der Waals surface area contributed by atoms with E-state index >= 15 is 0 Å². The molecule has 1 aromatic heterocycles. The number of phenols is 1. The van der Waals surface area contributed by atoms with Crippen molar-refractivity contribution < 1.29 is 24.1 Å². The molecule has 0 radical (unpaired) electrons. The van der Waals surface area contributed by atoms with Crippen molar-refractivity contribution in [1.82, 2.24) is 4.98 Å². The highest BCUT2D eigenvalue weighted by Crippen LogP contribution is 2.22. The lowest BCUT2D eigenvalue weighted by Gasteiger charge is -2.11. The van der Waals surface area contributed by atoms with Crippen LogP contribution in [0.15, 0.2) is 109 Å². The summed E-state index contributed by atoms with van der Waals surface area (Å²) < 4.78 is 16.3. The lowest BCUT2D eigenvalue weighted by atomic mass is 10.0. The average Bonchev–Trinajstić information content (AvgIpc) is 2.90. The Hall–Kier alpha value is -4.58. The fraction of sp³-hybridized carbons (Fsp3) is 0.133. The van der Waals surface area contributed by atoms with Crippen LogP contribution in [0.1, 0.15) is 24.0 Å². The van der Waals surface area contributed by atoms with Crippen LogP contribution < -0.4 is 14.2 Å². The number of carbonyl (C=O) groups excluding carboxylic acids is 1. The molecule has 4 aromatic rings. The van der Waals surface area contributed by atoms with Gasteiger partial charge in [-0.25, -0.2) is 9.78 Å². The fourth-order valence-electron chi connectivity index (χ4n) is 3.58. The number of rotatable bonds is 10. The number of nitrogens with zero attached hydrogens (tertiary/aromatic N) is 1. The van der Waals surface area contributed by atoms with Crippen LogP contribution in [0, 0.1) is 0 Å². The molecule has 0 saturated heterocycles. The summed E-state index contributed by atoms with van der Waals surface area (Å²) in [5.41, 5.74) is 2.94. The van der Waals surface area contributed by atoms with E-state index in [4.69, 9.17) is 14.2 Å². The zero-order valence-corrected chi connectivity index (χ0v) is 19.7. The smallest absolute Gasteiger partial charge is 0.508 e. The van der Waals surface area contributed by atoms with Crippen molar-refractivity contribution in [1.29, 1.82) is 0 Å². The van der Waals surface area contributed by atoms with Gasteiger partial charge >= 0.3 is 6.16 Å². The number of ether oxygens (including phenoxy) is 3. The van der Waals surface area contributed by atoms with Gasteiger partial charge in [0.15, 0.2) is 0 Å². The number of phenolic OH excluding ortho intramolecular Hbond substituents is 1. The van der Waals surface area contributed by atoms with Crippen LogP contribution in [0.4, 0.5) is 4.79 Å². The van der Waals surface area contributed by atoms with Gasteiger partial charge < -0.3 is 19.3 Å². The normalized spacial score (nSPS) is 11.1. The Kier molecular flexibility index (Phi) is 8.70. The minimum Gasteiger partial charge on any atom is -0.508 e. The summed E-state index contributed by atoms with van der Waals surface area (Å²) in [6, 6.07) is 28.9. The first-order chi connectivity index (χ1) is 17.7. The van der Waals surface area contributed by atoms with Crippen molar-refractivity contribution in [2.75, 3.05) is 6.61 Å². The minimum absolute atomic E-state index is 0.314. The number of aryl methyl sites for hydroxylation is 1. The van der Waals surface area contributed by atoms with E-state index in [-0.39, 0.29) is 0 Å². The largest absolute Gasteiger partial charge is 0.519 e. The van der Waals surface area contributed by atoms with E-state index in [2.05, 4.69) is 11.1 Å². The molecular weight excluding hydrogens is 454 g/mol. The molecule has 0 atom stereocenters. The van der Waals surface area contributed by atoms with Gasteiger partial charge in [-0.3, -0.25) is 0 Å². The number of carbonyl (C=O) groups is 1. The summed E-state index contributed by atoms with van der Waals surface area (Å²) >= 11 is 0. The third kappa shape index (κ3) is 7.74. The molecule has 0 bridgehead atoms. The summed E-state index contributed by atoms with van der Waals surface area (Å²) in [5, 5.41) is 10.0. The maximum absolute atomic E-state index is 12.0. The van der Waals surface area contributed by atoms with Crippen LogP contribution in [-0.2, 0) is 6.42 Å². The molecule has 0 amide bonds. The second-order valence-corrected chi connectivity index (χ2v) is 8.08. The molecule has 182 valence electrons. The van der Waals surface area contributed by atoms with E-state index in [0.29, 0.717) is 29.7 Å². The van der Waals surface area contributed by atoms with E-state index in [0.717, 1.165) is 36.0 Å². The number of hydrogen-bond acceptors (Lipinski definition) is 6. The highest BCUT2D eigenvalue weighted by Gasteiger charge is 2.08. The summed E-state index contributed by atoms with van der Waals surface area (Å²) in [4.78, 5) is 16.3. The second-order valence-electron chi connectivity index (χ2n) is 8.08. The first-order valence-electron chi connectivity index (χ1n) is 11.7. The molecule has 0 fully saturated rings. The SMILES string of the molecule is O=C(Oc1ccccc1)Oc1ccc(/C=C(\CCCc2ccccc2O)COc2ccccn2)cc1. The molecule has 0 aliphatic carbocycles. The third-order valence-corrected chi connectivity index (χ3v) is 5.38. The molecule has 0 aliphatic heterocycles. The highest BCUT2D eigenvalue weighted by atomic mass is 16.7. The summed E-state index contributed by atoms with van der Waals surface area (Å²) in [6.07, 6.45) is 5.34. The van der Waals surface area contributed by atoms with E-state index in [9.17, 15) is 9.90 Å². The van der Waals surface area contributed by atoms with Gasteiger partial charge in [-0.1, -0.05) is 60.7 Å². The predicted molar refractivity (Wildman–Crippen MR) is 138 cm³/mol. The number of pyridine rings is 1. The third-order valence-electron chi connectivity index (χ3n) is 5.38. The maximum atomic E-state index is 12.0. The van der Waals surface area contributed by atoms with E-state index in [1.54, 1.807) is 48.7 Å². The van der Waals surface area contributed by atoms with Crippen LogP contribution >= 0.6 is 0 Å². The Bertz CT molecular complexity index is 1270. The fourth-order valence-corrected chi connectivity index (χ4v) is 3.58. The minimum atomic E-state index is -0.793. The lowest BCUT2D eigenvalue weighted by Crippen LogP contribution is -2.13. The summed E-state index contributed by atoms with van der Waals surface area (Å²) in [6.45, 7) is 0.388. The lowest BCUT2D eigenvalue weighted by molar-refractivity contribution is 0.152. The van der Waals surface area contributed by atoms with E-state index < -0.39 is 6.16 Å². The molecule has 6 heteroatoms. The predicted octanol–water partition coefficient (Wildman–Crippen LogP) is 6.85. The molecule has 6 nitrogen and oxygen atoms in total. The Morgan fingerprint density at radius 1 is 0.806 bits per heavy atom. The van der Waals surface area contributed by atoms with Gasteiger partial charge in [-0.2, -0.15) is 0 Å². The van der Waals surface area contributed by atoms with E-state index in [1.165, 1.54) is 0 Å². The van der Waals surface area contributed by atoms with E-state index in [1.807, 2.05) is 54.6 Å². The number of aromatic nitrogens is 1. The maximum Gasteiger partial charge on any atom is 0.519 e. The molecule has 4 rings (SSSR count). The zero-order valence-electron chi connectivity index (χ0n) is 19.7. The quantitative estimate of drug-likeness (QED) is 0.197. The molecule has 0 aliphatic rings. The van der Waals surface area contributed by atoms with Crippen LogP contribution in [0.25, 0.3) is 6.08 Å². The molecule has 0 spiro atoms. The van der Waals surface area contributed by atoms with Crippen molar-refractivity contribution in [3.05, 3.63) is 120 Å². The average molecular weight is 482 g/mol. The zero-order chi connectivity index (χ0) is 25.0. The second kappa shape index (κ2) is 12.8. The Labute approximate surface area is 210 Å². The first kappa shape index (κ1) is 24.5. The molecule has 36 heavy (non-hydrogen) atoms. The van der Waals surface area contributed by atoms with Crippen LogP contribution in [0.2, 0.25) is 0 Å². The first-order valence-corrected chi connectivity index (χ1v) is 11.7. The van der Waals surface area contributed by atoms with Crippen LogP contribution in [0.5, 0.6) is 23.1 Å². The van der Waals surface area contributed by atoms with Gasteiger partial charge in [0.2, 0.25) is 5.88 Å². The molecule has 1 heterocycles. The van der Waals surface area contributed by atoms with Gasteiger partial charge in [0.25, 0.3) is 0 Å². The van der Waals surface area contributed by atoms with Gasteiger partial charge in [0.1, 0.15) is 23.9 Å². The number of aromatic hydroxyl groups is 1. The summed E-state index contributed by atoms with van der Waals surface area (Å²) in [7, 11) is 0. The highest BCUT2D eigenvalue weighted by molar-refractivity contribution is 5.67. The molecule has 3 aromatic carbocycles. The van der Waals surface area contributed by atoms with Crippen LogP contribution in [-0.4, -0.2) is 22.9 Å². The monoisotopic (exact) mass is 481 g/mol. The van der Waals surface area contributed by atoms with Gasteiger partial charge in [0, 0.05) is 12.3 Å². The van der Waals surface area contributed by atoms with Gasteiger partial charge in [-0.05, 0) is 72.4 Å². The number of hydrogen-bond donors (Lipinski definition) is 1. The Morgan fingerprint density at radius 3 is 2.22 bits per heavy atom. The number of benzene rings is 3. The van der Waals surface area contributed by atoms with Crippen molar-refractivity contribution in [3.63, 3.8) is 0 Å². The van der Waals surface area contributed by atoms with Crippen molar-refractivity contribution in [3.8, 4) is 23.1 Å². The summed E-state index contributed by atoms with van der Waals surface area (Å²) in [5.74, 6) is 1.68. The van der Waals surface area contributed by atoms with Gasteiger partial charge in [-0.15, -0.1) is 0 Å². The molecular formula is C30H27NO5. The van der Waals surface area contributed by atoms with Gasteiger partial charge in [0.05, 0.1) is 0 Å². The molecule has 1 N–H and O–H groups in total. The van der Waals surface area contributed by atoms with Crippen molar-refractivity contribution >= 4 is 12.2 Å². The Balaban J connectivity index is 1.39. The van der Waals surface area contributed by atoms with Crippen LogP contribution in [0.3, 0.4) is 0 Å². The molecule has 0 saturated carbocycles.